The Labute approximate surface area is 126 Å². The van der Waals surface area contributed by atoms with E-state index in [9.17, 15) is 0 Å². The van der Waals surface area contributed by atoms with Crippen molar-refractivity contribution in [3.05, 3.63) is 0 Å². The lowest BCUT2D eigenvalue weighted by Gasteiger charge is -2.34. The van der Waals surface area contributed by atoms with E-state index in [0.29, 0.717) is 5.41 Å². The highest BCUT2D eigenvalue weighted by molar-refractivity contribution is 7.80. The van der Waals surface area contributed by atoms with Crippen LogP contribution in [0.5, 0.6) is 0 Å². The van der Waals surface area contributed by atoms with Gasteiger partial charge >= 0.3 is 0 Å². The molecule has 0 aliphatic carbocycles. The minimum Gasteiger partial charge on any atom is -0.363 e. The molecular formula is C16H34N2S. The molecule has 0 aliphatic rings. The Morgan fingerprint density at radius 2 is 1.53 bits per heavy atom. The number of unbranched alkanes of at least 4 members (excludes halogenated alkanes) is 4. The van der Waals surface area contributed by atoms with E-state index in [-0.39, 0.29) is 5.54 Å². The summed E-state index contributed by atoms with van der Waals surface area (Å²) in [4.78, 5) is 0. The van der Waals surface area contributed by atoms with E-state index in [1.54, 1.807) is 0 Å². The molecule has 19 heavy (non-hydrogen) atoms. The van der Waals surface area contributed by atoms with Gasteiger partial charge in [0.1, 0.15) is 0 Å². The van der Waals surface area contributed by atoms with Gasteiger partial charge in [-0.2, -0.15) is 0 Å². The van der Waals surface area contributed by atoms with E-state index in [1.807, 2.05) is 0 Å². The third-order valence-corrected chi connectivity index (χ3v) is 3.24. The molecule has 0 heterocycles. The molecule has 0 amide bonds. The third kappa shape index (κ3) is 12.5. The second-order valence-corrected chi connectivity index (χ2v) is 7.82. The summed E-state index contributed by atoms with van der Waals surface area (Å²) in [6, 6.07) is 0. The first-order chi connectivity index (χ1) is 8.66. The fourth-order valence-electron chi connectivity index (χ4n) is 2.65. The van der Waals surface area contributed by atoms with Crippen LogP contribution in [0.25, 0.3) is 0 Å². The first-order valence-electron chi connectivity index (χ1n) is 7.72. The molecular weight excluding hydrogens is 252 g/mol. The minimum absolute atomic E-state index is 0.0462. The standard InChI is InChI=1S/C16H34N2S/c1-7-8-9-10-11-12-17-14(19)18-16(5,6)13-15(2,3)4/h7-13H2,1-6H3,(H2,17,18,19). The van der Waals surface area contributed by atoms with Crippen LogP contribution in [0.15, 0.2) is 0 Å². The van der Waals surface area contributed by atoms with E-state index >= 15 is 0 Å². The molecule has 0 aromatic rings. The quantitative estimate of drug-likeness (QED) is 0.502. The fourth-order valence-corrected chi connectivity index (χ4v) is 3.03. The van der Waals surface area contributed by atoms with Gasteiger partial charge in [0.25, 0.3) is 0 Å². The van der Waals surface area contributed by atoms with Crippen molar-refractivity contribution >= 4 is 17.3 Å². The smallest absolute Gasteiger partial charge is 0.166 e. The van der Waals surface area contributed by atoms with Crippen LogP contribution in [-0.2, 0) is 0 Å². The second-order valence-electron chi connectivity index (χ2n) is 7.42. The van der Waals surface area contributed by atoms with E-state index < -0.39 is 0 Å². The second kappa shape index (κ2) is 8.78. The van der Waals surface area contributed by atoms with Crippen LogP contribution in [0.2, 0.25) is 0 Å². The number of thiocarbonyl (C=S) groups is 1. The molecule has 0 rings (SSSR count). The molecule has 0 spiro atoms. The Kier molecular flexibility index (Phi) is 8.64. The normalized spacial score (nSPS) is 12.3. The zero-order valence-corrected chi connectivity index (χ0v) is 14.7. The molecule has 0 atom stereocenters. The molecule has 0 radical (unpaired) electrons. The summed E-state index contributed by atoms with van der Waals surface area (Å²) in [7, 11) is 0. The summed E-state index contributed by atoms with van der Waals surface area (Å²) in [6.07, 6.45) is 7.60. The third-order valence-electron chi connectivity index (χ3n) is 2.99. The van der Waals surface area contributed by atoms with Gasteiger partial charge in [0.15, 0.2) is 5.11 Å². The summed E-state index contributed by atoms with van der Waals surface area (Å²) < 4.78 is 0. The maximum Gasteiger partial charge on any atom is 0.166 e. The molecule has 3 heteroatoms. The van der Waals surface area contributed by atoms with E-state index in [1.165, 1.54) is 32.1 Å². The molecule has 2 nitrogen and oxygen atoms in total. The zero-order valence-electron chi connectivity index (χ0n) is 13.9. The van der Waals surface area contributed by atoms with Crippen molar-refractivity contribution in [3.8, 4) is 0 Å². The Bertz CT molecular complexity index is 254. The van der Waals surface area contributed by atoms with Crippen molar-refractivity contribution in [2.75, 3.05) is 6.54 Å². The van der Waals surface area contributed by atoms with Gasteiger partial charge in [-0.1, -0.05) is 53.4 Å². The molecule has 0 aromatic carbocycles. The van der Waals surface area contributed by atoms with Crippen LogP contribution in [0.3, 0.4) is 0 Å². The largest absolute Gasteiger partial charge is 0.363 e. The fraction of sp³-hybridized carbons (Fsp3) is 0.938. The number of rotatable bonds is 8. The Balaban J connectivity index is 3.79. The maximum atomic E-state index is 5.37. The van der Waals surface area contributed by atoms with Gasteiger partial charge in [0.05, 0.1) is 0 Å². The highest BCUT2D eigenvalue weighted by Gasteiger charge is 2.25. The molecule has 2 N–H and O–H groups in total. The number of hydrogen-bond acceptors (Lipinski definition) is 1. The molecule has 0 saturated carbocycles. The molecule has 0 bridgehead atoms. The average molecular weight is 287 g/mol. The summed E-state index contributed by atoms with van der Waals surface area (Å²) in [5.41, 5.74) is 0.358. The molecule has 114 valence electrons. The van der Waals surface area contributed by atoms with E-state index in [0.717, 1.165) is 18.1 Å². The first-order valence-corrected chi connectivity index (χ1v) is 8.13. The molecule has 0 aliphatic heterocycles. The molecule has 0 aromatic heterocycles. The van der Waals surface area contributed by atoms with Gasteiger partial charge in [0, 0.05) is 12.1 Å². The van der Waals surface area contributed by atoms with Crippen LogP contribution in [0.1, 0.15) is 80.1 Å². The minimum atomic E-state index is 0.0462. The monoisotopic (exact) mass is 286 g/mol. The Morgan fingerprint density at radius 1 is 0.947 bits per heavy atom. The van der Waals surface area contributed by atoms with Crippen molar-refractivity contribution in [3.63, 3.8) is 0 Å². The van der Waals surface area contributed by atoms with Crippen LogP contribution < -0.4 is 10.6 Å². The van der Waals surface area contributed by atoms with E-state index in [4.69, 9.17) is 12.2 Å². The van der Waals surface area contributed by atoms with Gasteiger partial charge in [-0.05, 0) is 44.3 Å². The molecule has 0 unspecified atom stereocenters. The van der Waals surface area contributed by atoms with Gasteiger partial charge in [-0.25, -0.2) is 0 Å². The van der Waals surface area contributed by atoms with E-state index in [2.05, 4.69) is 52.2 Å². The van der Waals surface area contributed by atoms with Crippen molar-refractivity contribution in [1.82, 2.24) is 10.6 Å². The van der Waals surface area contributed by atoms with Gasteiger partial charge < -0.3 is 10.6 Å². The van der Waals surface area contributed by atoms with Gasteiger partial charge in [0.2, 0.25) is 0 Å². The molecule has 0 fully saturated rings. The molecule has 0 saturated heterocycles. The zero-order chi connectivity index (χ0) is 14.9. The topological polar surface area (TPSA) is 24.1 Å². The summed E-state index contributed by atoms with van der Waals surface area (Å²) in [5.74, 6) is 0. The average Bonchev–Trinajstić information content (AvgIpc) is 2.18. The van der Waals surface area contributed by atoms with Gasteiger partial charge in [-0.15, -0.1) is 0 Å². The van der Waals surface area contributed by atoms with Crippen molar-refractivity contribution in [1.29, 1.82) is 0 Å². The van der Waals surface area contributed by atoms with Crippen LogP contribution in [0.4, 0.5) is 0 Å². The van der Waals surface area contributed by atoms with Crippen molar-refractivity contribution in [2.24, 2.45) is 5.41 Å². The summed E-state index contributed by atoms with van der Waals surface area (Å²) >= 11 is 5.37. The summed E-state index contributed by atoms with van der Waals surface area (Å²) in [5, 5.41) is 7.55. The number of hydrogen-bond donors (Lipinski definition) is 2. The lowest BCUT2D eigenvalue weighted by molar-refractivity contribution is 0.266. The lowest BCUT2D eigenvalue weighted by atomic mass is 9.82. The Morgan fingerprint density at radius 3 is 2.05 bits per heavy atom. The summed E-state index contributed by atoms with van der Waals surface area (Å²) in [6.45, 7) is 14.5. The van der Waals surface area contributed by atoms with Gasteiger partial charge in [-0.3, -0.25) is 0 Å². The van der Waals surface area contributed by atoms with Crippen LogP contribution in [-0.4, -0.2) is 17.2 Å². The predicted molar refractivity (Wildman–Crippen MR) is 90.6 cm³/mol. The van der Waals surface area contributed by atoms with Crippen molar-refractivity contribution < 1.29 is 0 Å². The first kappa shape index (κ1) is 18.7. The SMILES string of the molecule is CCCCCCCNC(=S)NC(C)(C)CC(C)(C)C. The highest BCUT2D eigenvalue weighted by atomic mass is 32.1. The van der Waals surface area contributed by atoms with Crippen molar-refractivity contribution in [2.45, 2.75) is 85.6 Å². The Hall–Kier alpha value is -0.310. The maximum absolute atomic E-state index is 5.37. The number of nitrogens with one attached hydrogen (secondary N) is 2. The predicted octanol–water partition coefficient (Wildman–Crippen LogP) is 4.64. The van der Waals surface area contributed by atoms with Crippen LogP contribution in [0, 0.1) is 5.41 Å². The lowest BCUT2D eigenvalue weighted by Crippen LogP contribution is -2.50. The van der Waals surface area contributed by atoms with Crippen LogP contribution >= 0.6 is 12.2 Å². The highest BCUT2D eigenvalue weighted by Crippen LogP contribution is 2.26.